The molecule has 0 amide bonds. The zero-order valence-electron chi connectivity index (χ0n) is 12.3. The van der Waals surface area contributed by atoms with E-state index >= 15 is 0 Å². The molecular formula is C19H19NO2. The fourth-order valence-electron chi connectivity index (χ4n) is 2.67. The van der Waals surface area contributed by atoms with Crippen LogP contribution in [0.2, 0.25) is 0 Å². The molecule has 22 heavy (non-hydrogen) atoms. The zero-order chi connectivity index (χ0) is 15.4. The molecule has 0 aliphatic rings. The molecule has 0 fully saturated rings. The van der Waals surface area contributed by atoms with Crippen molar-refractivity contribution >= 4 is 10.9 Å². The van der Waals surface area contributed by atoms with Gasteiger partial charge in [0.2, 0.25) is 0 Å². The quantitative estimate of drug-likeness (QED) is 0.707. The minimum absolute atomic E-state index is 0.364. The van der Waals surface area contributed by atoms with Crippen LogP contribution in [0, 0.1) is 0 Å². The Morgan fingerprint density at radius 3 is 2.41 bits per heavy atom. The minimum atomic E-state index is -1.25. The lowest BCUT2D eigenvalue weighted by atomic mass is 9.98. The number of fused-ring (bicyclic) bond motifs is 1. The predicted molar refractivity (Wildman–Crippen MR) is 88.3 cm³/mol. The number of benzene rings is 2. The van der Waals surface area contributed by atoms with Gasteiger partial charge in [0.1, 0.15) is 0 Å². The van der Waals surface area contributed by atoms with Crippen molar-refractivity contribution in [2.24, 2.45) is 0 Å². The Bertz CT molecular complexity index is 754. The van der Waals surface area contributed by atoms with Crippen molar-refractivity contribution in [2.75, 3.05) is 0 Å². The molecule has 3 rings (SSSR count). The lowest BCUT2D eigenvalue weighted by Crippen LogP contribution is -2.05. The first kappa shape index (κ1) is 14.7. The highest BCUT2D eigenvalue weighted by molar-refractivity contribution is 5.84. The van der Waals surface area contributed by atoms with Crippen LogP contribution in [-0.4, -0.2) is 21.5 Å². The highest BCUT2D eigenvalue weighted by Crippen LogP contribution is 2.27. The second-order valence-corrected chi connectivity index (χ2v) is 5.41. The first-order chi connectivity index (χ1) is 10.7. The molecule has 0 unspecified atom stereocenters. The first-order valence-corrected chi connectivity index (χ1v) is 7.54. The number of aliphatic hydroxyl groups is 2. The molecule has 0 atom stereocenters. The van der Waals surface area contributed by atoms with Crippen LogP contribution in [0.1, 0.15) is 18.5 Å². The smallest absolute Gasteiger partial charge is 0.151 e. The minimum Gasteiger partial charge on any atom is -0.368 e. The van der Waals surface area contributed by atoms with E-state index in [9.17, 15) is 0 Å². The summed E-state index contributed by atoms with van der Waals surface area (Å²) in [6.07, 6.45) is 0.541. The maximum atomic E-state index is 9.02. The Balaban J connectivity index is 2.02. The lowest BCUT2D eigenvalue weighted by Gasteiger charge is -2.11. The van der Waals surface area contributed by atoms with E-state index in [1.807, 2.05) is 36.4 Å². The van der Waals surface area contributed by atoms with Gasteiger partial charge in [-0.1, -0.05) is 48.5 Å². The molecule has 0 saturated heterocycles. The van der Waals surface area contributed by atoms with Crippen molar-refractivity contribution in [3.63, 3.8) is 0 Å². The molecule has 0 aliphatic carbocycles. The van der Waals surface area contributed by atoms with Gasteiger partial charge < -0.3 is 10.2 Å². The lowest BCUT2D eigenvalue weighted by molar-refractivity contribution is -0.0461. The second-order valence-electron chi connectivity index (χ2n) is 5.41. The Morgan fingerprint density at radius 1 is 0.909 bits per heavy atom. The van der Waals surface area contributed by atoms with E-state index in [0.717, 1.165) is 34.1 Å². The number of pyridine rings is 1. The SMILES string of the molecule is OC(O)CCCc1nc2ccccc2cc1-c1ccccc1. The Hall–Kier alpha value is -2.23. The molecule has 2 aromatic carbocycles. The summed E-state index contributed by atoms with van der Waals surface area (Å²) in [6, 6.07) is 20.4. The normalized spacial score (nSPS) is 11.2. The maximum absolute atomic E-state index is 9.02. The Kier molecular flexibility index (Phi) is 4.47. The van der Waals surface area contributed by atoms with E-state index in [4.69, 9.17) is 15.2 Å². The molecule has 3 heteroatoms. The number of nitrogens with zero attached hydrogens (tertiary/aromatic N) is 1. The van der Waals surface area contributed by atoms with E-state index < -0.39 is 6.29 Å². The number of rotatable bonds is 5. The molecule has 0 aliphatic heterocycles. The van der Waals surface area contributed by atoms with Crippen molar-refractivity contribution < 1.29 is 10.2 Å². The van der Waals surface area contributed by atoms with Crippen LogP contribution < -0.4 is 0 Å². The van der Waals surface area contributed by atoms with E-state index in [1.165, 1.54) is 0 Å². The predicted octanol–water partition coefficient (Wildman–Crippen LogP) is 3.54. The number of aromatic nitrogens is 1. The highest BCUT2D eigenvalue weighted by atomic mass is 16.5. The molecule has 0 saturated carbocycles. The zero-order valence-corrected chi connectivity index (χ0v) is 12.3. The van der Waals surface area contributed by atoms with Crippen LogP contribution in [0.25, 0.3) is 22.0 Å². The molecule has 1 aromatic heterocycles. The number of aryl methyl sites for hydroxylation is 1. The molecule has 3 nitrogen and oxygen atoms in total. The van der Waals surface area contributed by atoms with Gasteiger partial charge in [-0.2, -0.15) is 0 Å². The van der Waals surface area contributed by atoms with Crippen molar-refractivity contribution in [1.29, 1.82) is 0 Å². The largest absolute Gasteiger partial charge is 0.368 e. The van der Waals surface area contributed by atoms with E-state index in [-0.39, 0.29) is 0 Å². The molecule has 3 aromatic rings. The van der Waals surface area contributed by atoms with Crippen molar-refractivity contribution in [3.05, 3.63) is 66.4 Å². The third-order valence-corrected chi connectivity index (χ3v) is 3.76. The number of hydrogen-bond acceptors (Lipinski definition) is 3. The summed E-state index contributed by atoms with van der Waals surface area (Å²) in [6.45, 7) is 0. The molecule has 0 radical (unpaired) electrons. The summed E-state index contributed by atoms with van der Waals surface area (Å²) >= 11 is 0. The van der Waals surface area contributed by atoms with Gasteiger partial charge in [0.15, 0.2) is 6.29 Å². The number of hydrogen-bond donors (Lipinski definition) is 2. The average molecular weight is 293 g/mol. The summed E-state index contributed by atoms with van der Waals surface area (Å²) in [5.74, 6) is 0. The Morgan fingerprint density at radius 2 is 1.64 bits per heavy atom. The van der Waals surface area contributed by atoms with Crippen molar-refractivity contribution in [1.82, 2.24) is 4.98 Å². The van der Waals surface area contributed by atoms with E-state index in [0.29, 0.717) is 12.8 Å². The molecule has 1 heterocycles. The topological polar surface area (TPSA) is 53.4 Å². The van der Waals surface area contributed by atoms with Gasteiger partial charge in [0, 0.05) is 16.6 Å². The van der Waals surface area contributed by atoms with Gasteiger partial charge in [-0.05, 0) is 37.0 Å². The van der Waals surface area contributed by atoms with Gasteiger partial charge in [-0.15, -0.1) is 0 Å². The van der Waals surface area contributed by atoms with Crippen molar-refractivity contribution in [3.8, 4) is 11.1 Å². The van der Waals surface area contributed by atoms with Crippen molar-refractivity contribution in [2.45, 2.75) is 25.6 Å². The number of para-hydroxylation sites is 1. The standard InChI is InChI=1S/C19H19NO2/c21-19(22)12-6-11-18-16(14-7-2-1-3-8-14)13-15-9-4-5-10-17(15)20-18/h1-5,7-10,13,19,21-22H,6,11-12H2. The summed E-state index contributed by atoms with van der Waals surface area (Å²) in [7, 11) is 0. The van der Waals surface area contributed by atoms with Crippen LogP contribution in [0.15, 0.2) is 60.7 Å². The van der Waals surface area contributed by atoms with Crippen LogP contribution >= 0.6 is 0 Å². The van der Waals surface area contributed by atoms with Gasteiger partial charge >= 0.3 is 0 Å². The summed E-state index contributed by atoms with van der Waals surface area (Å²) in [4.78, 5) is 4.79. The van der Waals surface area contributed by atoms with E-state index in [1.54, 1.807) is 0 Å². The van der Waals surface area contributed by atoms with Crippen LogP contribution in [-0.2, 0) is 6.42 Å². The molecule has 112 valence electrons. The van der Waals surface area contributed by atoms with Crippen LogP contribution in [0.3, 0.4) is 0 Å². The van der Waals surface area contributed by atoms with Gasteiger partial charge in [-0.3, -0.25) is 4.98 Å². The Labute approximate surface area is 129 Å². The summed E-state index contributed by atoms with van der Waals surface area (Å²) in [5.41, 5.74) is 4.24. The maximum Gasteiger partial charge on any atom is 0.151 e. The van der Waals surface area contributed by atoms with Crippen LogP contribution in [0.4, 0.5) is 0 Å². The molecule has 0 bridgehead atoms. The fraction of sp³-hybridized carbons (Fsp3) is 0.211. The summed E-state index contributed by atoms with van der Waals surface area (Å²) < 4.78 is 0. The van der Waals surface area contributed by atoms with Gasteiger partial charge in [0.05, 0.1) is 5.52 Å². The van der Waals surface area contributed by atoms with Gasteiger partial charge in [0.25, 0.3) is 0 Å². The number of aliphatic hydroxyl groups excluding tert-OH is 1. The molecule has 2 N–H and O–H groups in total. The fourth-order valence-corrected chi connectivity index (χ4v) is 2.67. The average Bonchev–Trinajstić information content (AvgIpc) is 2.54. The molecular weight excluding hydrogens is 274 g/mol. The highest BCUT2D eigenvalue weighted by Gasteiger charge is 2.09. The monoisotopic (exact) mass is 293 g/mol. The third kappa shape index (κ3) is 3.32. The summed E-state index contributed by atoms with van der Waals surface area (Å²) in [5, 5.41) is 19.2. The van der Waals surface area contributed by atoms with Crippen LogP contribution in [0.5, 0.6) is 0 Å². The second kappa shape index (κ2) is 6.69. The van der Waals surface area contributed by atoms with Gasteiger partial charge in [-0.25, -0.2) is 0 Å². The first-order valence-electron chi connectivity index (χ1n) is 7.54. The third-order valence-electron chi connectivity index (χ3n) is 3.76. The van der Waals surface area contributed by atoms with E-state index in [2.05, 4.69) is 24.3 Å². The molecule has 0 spiro atoms.